The molecule has 8 atom stereocenters. The van der Waals surface area contributed by atoms with E-state index in [0.29, 0.717) is 43.3 Å². The van der Waals surface area contributed by atoms with Crippen molar-refractivity contribution in [2.24, 2.45) is 28.6 Å². The number of esters is 1. The number of nitrogens with one attached hydrogen (secondary N) is 1. The minimum absolute atomic E-state index is 0.145. The first-order valence-electron chi connectivity index (χ1n) is 13.3. The van der Waals surface area contributed by atoms with Gasteiger partial charge in [0.25, 0.3) is 0 Å². The Morgan fingerprint density at radius 2 is 2.06 bits per heavy atom. The fraction of sp³-hybridized carbons (Fsp3) is 0.821. The van der Waals surface area contributed by atoms with E-state index >= 15 is 0 Å². The van der Waals surface area contributed by atoms with E-state index in [2.05, 4.69) is 37.1 Å². The Bertz CT molecular complexity index is 925. The Kier molecular flexibility index (Phi) is 6.37. The molecule has 1 spiro atoms. The summed E-state index contributed by atoms with van der Waals surface area (Å²) >= 11 is 5.83. The van der Waals surface area contributed by atoms with Crippen molar-refractivity contribution in [3.63, 3.8) is 0 Å². The van der Waals surface area contributed by atoms with Crippen LogP contribution in [0, 0.1) is 40.4 Å². The summed E-state index contributed by atoms with van der Waals surface area (Å²) < 4.78 is 11.5. The van der Waals surface area contributed by atoms with Gasteiger partial charge in [-0.05, 0) is 75.0 Å². The maximum atomic E-state index is 12.3. The highest BCUT2D eigenvalue weighted by Gasteiger charge is 2.64. The van der Waals surface area contributed by atoms with Gasteiger partial charge in [0, 0.05) is 24.1 Å². The van der Waals surface area contributed by atoms with Crippen LogP contribution in [0.5, 0.6) is 0 Å². The summed E-state index contributed by atoms with van der Waals surface area (Å²) in [5.74, 6) is 8.44. The first-order chi connectivity index (χ1) is 16.2. The van der Waals surface area contributed by atoms with Gasteiger partial charge >= 0.3 is 5.97 Å². The van der Waals surface area contributed by atoms with Crippen LogP contribution >= 0.6 is 11.6 Å². The van der Waals surface area contributed by atoms with E-state index in [0.717, 1.165) is 51.4 Å². The van der Waals surface area contributed by atoms with Crippen molar-refractivity contribution in [3.05, 3.63) is 11.6 Å². The van der Waals surface area contributed by atoms with Crippen LogP contribution in [0.4, 0.5) is 0 Å². The molecular weight excluding hydrogens is 450 g/mol. The summed E-state index contributed by atoms with van der Waals surface area (Å²) in [6.45, 7) is 7.37. The summed E-state index contributed by atoms with van der Waals surface area (Å²) in [5, 5.41) is 15.1. The molecule has 2 N–H and O–H groups in total. The zero-order chi connectivity index (χ0) is 24.2. The minimum Gasteiger partial charge on any atom is -0.465 e. The Labute approximate surface area is 209 Å². The van der Waals surface area contributed by atoms with Crippen molar-refractivity contribution in [1.82, 2.24) is 5.32 Å². The molecule has 188 valence electrons. The van der Waals surface area contributed by atoms with Crippen LogP contribution in [0.1, 0.15) is 78.6 Å². The molecule has 34 heavy (non-hydrogen) atoms. The van der Waals surface area contributed by atoms with Gasteiger partial charge in [-0.15, -0.1) is 11.6 Å². The van der Waals surface area contributed by atoms with Gasteiger partial charge in [-0.25, -0.2) is 0 Å². The van der Waals surface area contributed by atoms with E-state index in [9.17, 15) is 9.90 Å². The molecule has 3 saturated carbocycles. The second-order valence-corrected chi connectivity index (χ2v) is 12.2. The molecule has 0 aromatic carbocycles. The second-order valence-electron chi connectivity index (χ2n) is 11.8. The number of halogens is 1. The first-order valence-corrected chi connectivity index (χ1v) is 13.8. The average Bonchev–Trinajstić information content (AvgIpc) is 3.34. The van der Waals surface area contributed by atoms with Gasteiger partial charge in [-0.1, -0.05) is 37.3 Å². The molecule has 1 heterocycles. The van der Waals surface area contributed by atoms with Crippen molar-refractivity contribution in [2.75, 3.05) is 19.1 Å². The molecule has 1 aliphatic heterocycles. The lowest BCUT2D eigenvalue weighted by Gasteiger charge is -2.59. The van der Waals surface area contributed by atoms with Crippen LogP contribution in [-0.4, -0.2) is 47.5 Å². The quantitative estimate of drug-likeness (QED) is 0.263. The predicted octanol–water partition coefficient (Wildman–Crippen LogP) is 4.56. The smallest absolute Gasteiger partial charge is 0.325 e. The van der Waals surface area contributed by atoms with Gasteiger partial charge in [-0.3, -0.25) is 10.1 Å². The number of rotatable bonds is 3. The van der Waals surface area contributed by atoms with Crippen LogP contribution in [0.2, 0.25) is 0 Å². The zero-order valence-electron chi connectivity index (χ0n) is 20.9. The summed E-state index contributed by atoms with van der Waals surface area (Å²) in [6.07, 6.45) is 11.0. The highest BCUT2D eigenvalue weighted by molar-refractivity contribution is 6.18. The molecule has 5 aliphatic rings. The number of fused-ring (bicyclic) bond motifs is 5. The molecule has 0 amide bonds. The van der Waals surface area contributed by atoms with Crippen molar-refractivity contribution < 1.29 is 19.4 Å². The molecule has 6 heteroatoms. The molecule has 0 bridgehead atoms. The third-order valence-electron chi connectivity index (χ3n) is 10.4. The van der Waals surface area contributed by atoms with E-state index in [-0.39, 0.29) is 22.8 Å². The van der Waals surface area contributed by atoms with Crippen molar-refractivity contribution >= 4 is 17.6 Å². The van der Waals surface area contributed by atoms with E-state index in [1.807, 2.05) is 6.92 Å². The third kappa shape index (κ3) is 3.67. The van der Waals surface area contributed by atoms with Crippen LogP contribution in [-0.2, 0) is 14.3 Å². The Morgan fingerprint density at radius 3 is 2.82 bits per heavy atom. The molecule has 4 fully saturated rings. The molecule has 0 aromatic rings. The molecule has 5 nitrogen and oxygen atoms in total. The van der Waals surface area contributed by atoms with Gasteiger partial charge in [0.05, 0.1) is 13.2 Å². The highest BCUT2D eigenvalue weighted by Crippen LogP contribution is 2.67. The van der Waals surface area contributed by atoms with Crippen molar-refractivity contribution in [1.29, 1.82) is 0 Å². The lowest BCUT2D eigenvalue weighted by Crippen LogP contribution is -2.57. The summed E-state index contributed by atoms with van der Waals surface area (Å²) in [5.41, 5.74) is 0.183. The first kappa shape index (κ1) is 24.6. The van der Waals surface area contributed by atoms with Crippen molar-refractivity contribution in [2.45, 2.75) is 95.9 Å². The van der Waals surface area contributed by atoms with E-state index < -0.39 is 11.3 Å². The van der Waals surface area contributed by atoms with Gasteiger partial charge in [0.2, 0.25) is 0 Å². The molecule has 6 unspecified atom stereocenters. The second kappa shape index (κ2) is 8.80. The highest BCUT2D eigenvalue weighted by atomic mass is 35.5. The third-order valence-corrected chi connectivity index (χ3v) is 10.5. The largest absolute Gasteiger partial charge is 0.465 e. The average molecular weight is 490 g/mol. The predicted molar refractivity (Wildman–Crippen MR) is 132 cm³/mol. The normalized spacial score (nSPS) is 47.1. The van der Waals surface area contributed by atoms with E-state index in [1.54, 1.807) is 0 Å². The number of aliphatic hydroxyl groups is 1. The van der Waals surface area contributed by atoms with Crippen molar-refractivity contribution in [3.8, 4) is 11.8 Å². The number of alkyl halides is 1. The number of ether oxygens (including phenoxy) is 2. The van der Waals surface area contributed by atoms with Crippen LogP contribution < -0.4 is 5.32 Å². The maximum Gasteiger partial charge on any atom is 0.325 e. The Balaban J connectivity index is 1.35. The topological polar surface area (TPSA) is 67.8 Å². The SMILES string of the molecule is CCOC(=O)C1COC2(CC[C@@]3(C)C(=CCC4C3CC[C@@]3(C)C4CCC3(O)C#CCCCl)C2)N1. The number of carbonyl (C=O) groups is 1. The maximum absolute atomic E-state index is 12.3. The molecule has 0 aromatic heterocycles. The van der Waals surface area contributed by atoms with Gasteiger partial charge < -0.3 is 14.6 Å². The minimum atomic E-state index is -0.889. The number of allylic oxidation sites excluding steroid dienone is 1. The number of hydrogen-bond donors (Lipinski definition) is 2. The fourth-order valence-electron chi connectivity index (χ4n) is 8.37. The fourth-order valence-corrected chi connectivity index (χ4v) is 8.47. The molecule has 5 rings (SSSR count). The van der Waals surface area contributed by atoms with Crippen LogP contribution in [0.15, 0.2) is 11.6 Å². The monoisotopic (exact) mass is 489 g/mol. The van der Waals surface area contributed by atoms with Crippen LogP contribution in [0.3, 0.4) is 0 Å². The van der Waals surface area contributed by atoms with Gasteiger partial charge in [0.1, 0.15) is 17.4 Å². The number of carbonyl (C=O) groups excluding carboxylic acids is 1. The molecule has 4 aliphatic carbocycles. The Morgan fingerprint density at radius 1 is 1.26 bits per heavy atom. The molecular formula is C28H40ClNO4. The van der Waals surface area contributed by atoms with E-state index in [4.69, 9.17) is 21.1 Å². The summed E-state index contributed by atoms with van der Waals surface area (Å²) in [7, 11) is 0. The lowest BCUT2D eigenvalue weighted by molar-refractivity contribution is -0.145. The summed E-state index contributed by atoms with van der Waals surface area (Å²) in [4.78, 5) is 12.3. The van der Waals surface area contributed by atoms with Crippen LogP contribution in [0.25, 0.3) is 0 Å². The number of hydrogen-bond acceptors (Lipinski definition) is 5. The van der Waals surface area contributed by atoms with Gasteiger partial charge in [0.15, 0.2) is 0 Å². The molecule has 1 saturated heterocycles. The van der Waals surface area contributed by atoms with E-state index in [1.165, 1.54) is 5.57 Å². The lowest BCUT2D eigenvalue weighted by atomic mass is 9.46. The standard InChI is InChI=1S/C28H40ClNO4/c1-4-33-24(31)23-18-34-28(30-23)15-14-25(2)19(17-28)7-8-20-21(25)9-12-26(3)22(20)10-13-27(26,32)11-5-6-16-29/h7,20-23,30,32H,4,6,8-10,12-18H2,1-3H3/t20?,21?,22?,23?,25-,26-,27?,28?/m0/s1. The molecule has 0 radical (unpaired) electrons. The summed E-state index contributed by atoms with van der Waals surface area (Å²) in [6, 6.07) is -0.368. The van der Waals surface area contributed by atoms with Gasteiger partial charge in [-0.2, -0.15) is 0 Å². The Hall–Kier alpha value is -1.06. The zero-order valence-corrected chi connectivity index (χ0v) is 21.7.